The molecule has 9 atom stereocenters. The lowest BCUT2D eigenvalue weighted by atomic mass is 9.44. The van der Waals surface area contributed by atoms with Crippen molar-refractivity contribution in [3.05, 3.63) is 0 Å². The smallest absolute Gasteiger partial charge is 0.325 e. The zero-order valence-electron chi connectivity index (χ0n) is 32.6. The van der Waals surface area contributed by atoms with E-state index in [2.05, 4.69) is 45.3 Å². The molecule has 0 aromatic carbocycles. The molecular formula is C41H68N2O9. The summed E-state index contributed by atoms with van der Waals surface area (Å²) in [6, 6.07) is -0.749. The van der Waals surface area contributed by atoms with Crippen molar-refractivity contribution in [2.45, 2.75) is 168 Å². The number of carbonyl (C=O) groups excluding carboxylic acids is 2. The van der Waals surface area contributed by atoms with Crippen LogP contribution in [0.4, 0.5) is 4.79 Å². The van der Waals surface area contributed by atoms with Gasteiger partial charge in [-0.05, 0) is 136 Å². The quantitative estimate of drug-likeness (QED) is 0.0822. The highest BCUT2D eigenvalue weighted by Crippen LogP contribution is 2.68. The zero-order valence-corrected chi connectivity index (χ0v) is 32.6. The summed E-state index contributed by atoms with van der Waals surface area (Å²) >= 11 is 0. The van der Waals surface area contributed by atoms with Crippen molar-refractivity contribution in [1.82, 2.24) is 10.6 Å². The van der Waals surface area contributed by atoms with Crippen LogP contribution in [0.15, 0.2) is 0 Å². The molecule has 0 aromatic rings. The Morgan fingerprint density at radius 3 is 2.02 bits per heavy atom. The highest BCUT2D eigenvalue weighted by Gasteiger charge is 2.60. The highest BCUT2D eigenvalue weighted by molar-refractivity contribution is 5.81. The van der Waals surface area contributed by atoms with E-state index in [4.69, 9.17) is 9.84 Å². The lowest BCUT2D eigenvalue weighted by Crippen LogP contribution is -2.55. The molecule has 5 N–H and O–H groups in total. The number of carbonyl (C=O) groups is 5. The number of carboxylic acids is 3. The van der Waals surface area contributed by atoms with Gasteiger partial charge in [0.05, 0.1) is 0 Å². The van der Waals surface area contributed by atoms with Crippen molar-refractivity contribution in [3.63, 3.8) is 0 Å². The van der Waals surface area contributed by atoms with E-state index in [-0.39, 0.29) is 63.0 Å². The lowest BCUT2D eigenvalue weighted by Gasteiger charge is -2.61. The standard InChI is InChI=1S/C41H68N2O9/c1-26(2)8-6-9-27(3)31-13-14-32-30-12-11-28-24-29(15-20-39(28,4)33(30)16-21-40(31,32)5)52-37(50)25-42-38(51)43-41(22-17-35(46)47,23-18-36(48)49)19-7-10-34(44)45/h26-33H,6-25H2,1-5H3,(H,44,45)(H,46,47)(H,48,49)(H2,42,43,51)/t27-,28+,29-,30+,31-,32+,33+,39+,40-/m1/s1. The van der Waals surface area contributed by atoms with E-state index >= 15 is 0 Å². The van der Waals surface area contributed by atoms with Gasteiger partial charge in [0.15, 0.2) is 0 Å². The van der Waals surface area contributed by atoms with Crippen molar-refractivity contribution in [1.29, 1.82) is 0 Å². The Hall–Kier alpha value is -2.85. The molecule has 11 nitrogen and oxygen atoms in total. The molecule has 0 radical (unpaired) electrons. The van der Waals surface area contributed by atoms with E-state index in [1.54, 1.807) is 0 Å². The van der Waals surface area contributed by atoms with E-state index in [1.807, 2.05) is 0 Å². The number of aliphatic carboxylic acids is 3. The van der Waals surface area contributed by atoms with Crippen LogP contribution in [0.25, 0.3) is 0 Å². The Balaban J connectivity index is 1.29. The number of fused-ring (bicyclic) bond motifs is 5. The van der Waals surface area contributed by atoms with Crippen LogP contribution in [-0.2, 0) is 23.9 Å². The summed E-state index contributed by atoms with van der Waals surface area (Å²) < 4.78 is 5.92. The minimum absolute atomic E-state index is 0.0741. The third kappa shape index (κ3) is 10.4. The van der Waals surface area contributed by atoms with Gasteiger partial charge in [-0.1, -0.05) is 53.9 Å². The first kappa shape index (κ1) is 41.9. The second kappa shape index (κ2) is 18.0. The summed E-state index contributed by atoms with van der Waals surface area (Å²) in [7, 11) is 0. The third-order valence-electron chi connectivity index (χ3n) is 14.6. The molecule has 4 aliphatic rings. The SMILES string of the molecule is CC(C)CCC[C@@H](C)[C@H]1CC[C@H]2[C@@H]3CC[C@H]4C[C@H](OC(=O)CNC(=O)NC(CCCC(=O)O)(CCC(=O)O)CCC(=O)O)CC[C@]4(C)[C@H]3CC[C@]12C. The number of urea groups is 1. The number of esters is 1. The van der Waals surface area contributed by atoms with Crippen LogP contribution in [0.2, 0.25) is 0 Å². The number of amides is 2. The molecule has 0 saturated heterocycles. The second-order valence-corrected chi connectivity index (χ2v) is 18.2. The fourth-order valence-electron chi connectivity index (χ4n) is 11.8. The van der Waals surface area contributed by atoms with Gasteiger partial charge < -0.3 is 30.7 Å². The minimum atomic E-state index is -1.26. The average Bonchev–Trinajstić information content (AvgIpc) is 3.42. The summed E-state index contributed by atoms with van der Waals surface area (Å²) in [5, 5.41) is 32.9. The van der Waals surface area contributed by atoms with Gasteiger partial charge in [0, 0.05) is 24.8 Å². The molecule has 2 amide bonds. The molecule has 4 aliphatic carbocycles. The third-order valence-corrected chi connectivity index (χ3v) is 14.6. The Kier molecular flexibility index (Phi) is 14.5. The van der Waals surface area contributed by atoms with Gasteiger partial charge in [-0.3, -0.25) is 19.2 Å². The molecule has 0 heterocycles. The van der Waals surface area contributed by atoms with E-state index in [9.17, 15) is 34.2 Å². The zero-order chi connectivity index (χ0) is 38.3. The molecule has 11 heteroatoms. The normalized spacial score (nSPS) is 31.8. The number of hydrogen-bond acceptors (Lipinski definition) is 6. The molecule has 4 saturated carbocycles. The number of ether oxygens (including phenoxy) is 1. The van der Waals surface area contributed by atoms with E-state index in [0.717, 1.165) is 54.8 Å². The summed E-state index contributed by atoms with van der Waals surface area (Å²) in [5.74, 6) is 1.41. The number of hydrogen-bond donors (Lipinski definition) is 5. The van der Waals surface area contributed by atoms with Crippen LogP contribution in [0.3, 0.4) is 0 Å². The van der Waals surface area contributed by atoms with E-state index < -0.39 is 35.4 Å². The first-order valence-corrected chi connectivity index (χ1v) is 20.4. The van der Waals surface area contributed by atoms with Crippen molar-refractivity contribution in [3.8, 4) is 0 Å². The minimum Gasteiger partial charge on any atom is -0.481 e. The first-order valence-electron chi connectivity index (χ1n) is 20.4. The van der Waals surface area contributed by atoms with Crippen LogP contribution in [0.5, 0.6) is 0 Å². The number of carboxylic acid groups (broad SMARTS) is 3. The van der Waals surface area contributed by atoms with Crippen molar-refractivity contribution < 1.29 is 44.0 Å². The van der Waals surface area contributed by atoms with Crippen LogP contribution in [0.1, 0.15) is 157 Å². The summed E-state index contributed by atoms with van der Waals surface area (Å²) in [5.41, 5.74) is -0.547. The summed E-state index contributed by atoms with van der Waals surface area (Å²) in [6.45, 7) is 12.0. The maximum Gasteiger partial charge on any atom is 0.325 e. The fraction of sp³-hybridized carbons (Fsp3) is 0.878. The van der Waals surface area contributed by atoms with Gasteiger partial charge in [-0.2, -0.15) is 0 Å². The molecule has 296 valence electrons. The maximum absolute atomic E-state index is 13.0. The van der Waals surface area contributed by atoms with Gasteiger partial charge in [-0.25, -0.2) is 4.79 Å². The topological polar surface area (TPSA) is 179 Å². The molecule has 4 rings (SSSR count). The Morgan fingerprint density at radius 1 is 0.750 bits per heavy atom. The molecule has 52 heavy (non-hydrogen) atoms. The van der Waals surface area contributed by atoms with Crippen molar-refractivity contribution in [2.75, 3.05) is 6.54 Å². The Labute approximate surface area is 311 Å². The molecule has 0 aromatic heterocycles. The molecule has 4 fully saturated rings. The van der Waals surface area contributed by atoms with Crippen LogP contribution < -0.4 is 10.6 Å². The summed E-state index contributed by atoms with van der Waals surface area (Å²) in [6.07, 6.45) is 13.5. The van der Waals surface area contributed by atoms with Gasteiger partial charge in [0.25, 0.3) is 0 Å². The monoisotopic (exact) mass is 732 g/mol. The Bertz CT molecular complexity index is 1250. The largest absolute Gasteiger partial charge is 0.481 e. The average molecular weight is 733 g/mol. The maximum atomic E-state index is 13.0. The summed E-state index contributed by atoms with van der Waals surface area (Å²) in [4.78, 5) is 59.8. The molecule has 0 spiro atoms. The van der Waals surface area contributed by atoms with Crippen LogP contribution in [0, 0.1) is 52.3 Å². The fourth-order valence-corrected chi connectivity index (χ4v) is 11.8. The molecule has 0 bridgehead atoms. The molecular weight excluding hydrogens is 664 g/mol. The van der Waals surface area contributed by atoms with E-state index in [1.165, 1.54) is 57.8 Å². The van der Waals surface area contributed by atoms with Crippen LogP contribution >= 0.6 is 0 Å². The van der Waals surface area contributed by atoms with Gasteiger partial charge in [-0.15, -0.1) is 0 Å². The molecule has 0 unspecified atom stereocenters. The second-order valence-electron chi connectivity index (χ2n) is 18.2. The predicted molar refractivity (Wildman–Crippen MR) is 197 cm³/mol. The molecule has 0 aliphatic heterocycles. The number of rotatable bonds is 19. The highest BCUT2D eigenvalue weighted by atomic mass is 16.5. The first-order chi connectivity index (χ1) is 24.5. The van der Waals surface area contributed by atoms with Crippen molar-refractivity contribution >= 4 is 29.9 Å². The van der Waals surface area contributed by atoms with Gasteiger partial charge >= 0.3 is 29.9 Å². The predicted octanol–water partition coefficient (Wildman–Crippen LogP) is 8.04. The lowest BCUT2D eigenvalue weighted by molar-refractivity contribution is -0.161. The Morgan fingerprint density at radius 2 is 1.38 bits per heavy atom. The number of nitrogens with one attached hydrogen (secondary N) is 2. The van der Waals surface area contributed by atoms with Gasteiger partial charge in [0.1, 0.15) is 12.6 Å². The van der Waals surface area contributed by atoms with Crippen LogP contribution in [-0.4, -0.2) is 63.4 Å². The van der Waals surface area contributed by atoms with Gasteiger partial charge in [0.2, 0.25) is 0 Å². The van der Waals surface area contributed by atoms with Crippen molar-refractivity contribution in [2.24, 2.45) is 52.3 Å². The van der Waals surface area contributed by atoms with E-state index in [0.29, 0.717) is 11.3 Å².